The molecule has 0 radical (unpaired) electrons. The predicted molar refractivity (Wildman–Crippen MR) is 68.7 cm³/mol. The quantitative estimate of drug-likeness (QED) is 0.669. The van der Waals surface area contributed by atoms with Crippen molar-refractivity contribution in [3.8, 4) is 0 Å². The number of ether oxygens (including phenoxy) is 1. The van der Waals surface area contributed by atoms with E-state index in [0.717, 1.165) is 0 Å². The summed E-state index contributed by atoms with van der Waals surface area (Å²) in [5, 5.41) is 2.75. The van der Waals surface area contributed by atoms with Crippen LogP contribution in [0.3, 0.4) is 0 Å². The Balaban J connectivity index is -0.0000000164. The van der Waals surface area contributed by atoms with Gasteiger partial charge in [-0.2, -0.15) is 11.8 Å². The van der Waals surface area contributed by atoms with Crippen molar-refractivity contribution in [1.82, 2.24) is 5.32 Å². The fourth-order valence-corrected chi connectivity index (χ4v) is 0. The number of nitrogens with one attached hydrogen (secondary N) is 1. The minimum absolute atomic E-state index is 1.62. The van der Waals surface area contributed by atoms with Gasteiger partial charge in [0.25, 0.3) is 0 Å². The summed E-state index contributed by atoms with van der Waals surface area (Å²) in [6.45, 7) is 6.00. The Labute approximate surface area is 98.0 Å². The first kappa shape index (κ1) is 36.7. The van der Waals surface area contributed by atoms with Crippen LogP contribution in [0.25, 0.3) is 0 Å². The fraction of sp³-hybridized carbons (Fsp3) is 0.667. The Bertz CT molecular complexity index is 43.6. The van der Waals surface area contributed by atoms with Gasteiger partial charge in [-0.1, -0.05) is 0 Å². The maximum absolute atomic E-state index is 8.00. The first-order valence-electron chi connectivity index (χ1n) is 3.50. The van der Waals surface area contributed by atoms with Crippen molar-refractivity contribution in [2.24, 2.45) is 0 Å². The van der Waals surface area contributed by atoms with Crippen LogP contribution < -0.4 is 5.32 Å². The van der Waals surface area contributed by atoms with Crippen molar-refractivity contribution in [2.75, 3.05) is 40.8 Å². The van der Waals surface area contributed by atoms with E-state index in [0.29, 0.717) is 0 Å². The molecule has 0 aliphatic heterocycles. The molecule has 0 aromatic carbocycles. The van der Waals surface area contributed by atoms with Crippen molar-refractivity contribution in [3.63, 3.8) is 0 Å². The van der Waals surface area contributed by atoms with Crippen LogP contribution in [-0.4, -0.2) is 61.2 Å². The number of methoxy groups -OCH3 is 1. The van der Waals surface area contributed by atoms with Crippen molar-refractivity contribution >= 4 is 32.1 Å². The van der Waals surface area contributed by atoms with E-state index in [1.807, 2.05) is 47.0 Å². The smallest absolute Gasteiger partial charge is 0.106 e. The largest absolute Gasteiger partial charge is 0.388 e. The SMILES string of the molecule is C=O.C=O.C=O.CNC.COC.CSC. The summed E-state index contributed by atoms with van der Waals surface area (Å²) in [7, 11) is 7.00. The average Bonchev–Trinajstić information content (AvgIpc) is 2.29. The van der Waals surface area contributed by atoms with Crippen molar-refractivity contribution in [3.05, 3.63) is 0 Å². The minimum atomic E-state index is 1.62. The van der Waals surface area contributed by atoms with Crippen molar-refractivity contribution in [2.45, 2.75) is 0 Å². The zero-order chi connectivity index (χ0) is 14.1. The maximum atomic E-state index is 8.00. The molecule has 6 heteroatoms. The highest BCUT2D eigenvalue weighted by Crippen LogP contribution is 1.70. The maximum Gasteiger partial charge on any atom is 0.106 e. The van der Waals surface area contributed by atoms with Gasteiger partial charge in [-0.25, -0.2) is 0 Å². The molecule has 5 nitrogen and oxygen atoms in total. The highest BCUT2D eigenvalue weighted by atomic mass is 32.2. The first-order chi connectivity index (χ1) is 7.24. The molecule has 96 valence electrons. The third kappa shape index (κ3) is 3260. The first-order valence-corrected chi connectivity index (χ1v) is 5.13. The zero-order valence-corrected chi connectivity index (χ0v) is 11.5. The molecule has 0 aliphatic rings. The molecule has 0 saturated heterocycles. The van der Waals surface area contributed by atoms with Gasteiger partial charge in [-0.3, -0.25) is 0 Å². The molecule has 0 aliphatic carbocycles. The summed E-state index contributed by atoms with van der Waals surface area (Å²) in [6.07, 6.45) is 4.08. The summed E-state index contributed by atoms with van der Waals surface area (Å²) in [5.74, 6) is 0. The summed E-state index contributed by atoms with van der Waals surface area (Å²) < 4.78 is 4.25. The number of carbonyl (C=O) groups is 3. The molecule has 0 fully saturated rings. The van der Waals surface area contributed by atoms with E-state index in [2.05, 4.69) is 10.1 Å². The van der Waals surface area contributed by atoms with Crippen LogP contribution in [0.15, 0.2) is 0 Å². The second kappa shape index (κ2) is 385. The molecule has 0 unspecified atom stereocenters. The Morgan fingerprint density at radius 2 is 0.867 bits per heavy atom. The fourth-order valence-electron chi connectivity index (χ4n) is 0. The van der Waals surface area contributed by atoms with E-state index < -0.39 is 0 Å². The van der Waals surface area contributed by atoms with E-state index in [9.17, 15) is 0 Å². The molecule has 1 N–H and O–H groups in total. The van der Waals surface area contributed by atoms with Crippen molar-refractivity contribution in [1.29, 1.82) is 0 Å². The number of rotatable bonds is 0. The van der Waals surface area contributed by atoms with Gasteiger partial charge in [-0.05, 0) is 26.6 Å². The van der Waals surface area contributed by atoms with E-state index in [4.69, 9.17) is 14.4 Å². The molecule has 0 heterocycles. The standard InChI is InChI=1S/C2H7N.C2H6O.C2H6S.3CH2O/c3*1-3-2;3*1-2/h3H,1-2H3;2*1-2H3;3*1H2. The lowest BCUT2D eigenvalue weighted by molar-refractivity contribution is -0.0987. The third-order valence-corrected chi connectivity index (χ3v) is 0. The van der Waals surface area contributed by atoms with Gasteiger partial charge in [0.15, 0.2) is 0 Å². The summed E-state index contributed by atoms with van der Waals surface area (Å²) in [6, 6.07) is 0. The highest BCUT2D eigenvalue weighted by molar-refractivity contribution is 7.97. The van der Waals surface area contributed by atoms with Gasteiger partial charge in [0, 0.05) is 14.2 Å². The Morgan fingerprint density at radius 3 is 0.867 bits per heavy atom. The van der Waals surface area contributed by atoms with E-state index in [1.165, 1.54) is 0 Å². The zero-order valence-electron chi connectivity index (χ0n) is 10.7. The second-order valence-corrected chi connectivity index (χ2v) is 2.13. The average molecular weight is 243 g/mol. The number of carbonyl (C=O) groups excluding carboxylic acids is 3. The molecule has 0 saturated carbocycles. The Hall–Kier alpha value is -0.720. The Kier molecular flexibility index (Phi) is 943. The van der Waals surface area contributed by atoms with Gasteiger partial charge in [-0.15, -0.1) is 0 Å². The summed E-state index contributed by atoms with van der Waals surface area (Å²) in [4.78, 5) is 24.0. The topological polar surface area (TPSA) is 72.5 Å². The van der Waals surface area contributed by atoms with Crippen LogP contribution in [0.2, 0.25) is 0 Å². The molecule has 0 spiro atoms. The lowest BCUT2D eigenvalue weighted by Crippen LogP contribution is -1.89. The summed E-state index contributed by atoms with van der Waals surface area (Å²) in [5.41, 5.74) is 0. The lowest BCUT2D eigenvalue weighted by atomic mass is 11.3. The van der Waals surface area contributed by atoms with Gasteiger partial charge in [0.1, 0.15) is 20.4 Å². The highest BCUT2D eigenvalue weighted by Gasteiger charge is 1.32. The molecular weight excluding hydrogens is 218 g/mol. The van der Waals surface area contributed by atoms with Crippen LogP contribution in [0.4, 0.5) is 0 Å². The summed E-state index contributed by atoms with van der Waals surface area (Å²) >= 11 is 1.75. The molecule has 0 atom stereocenters. The normalized spacial score (nSPS) is 4.40. The van der Waals surface area contributed by atoms with Gasteiger partial charge < -0.3 is 24.4 Å². The van der Waals surface area contributed by atoms with Crippen LogP contribution in [0.5, 0.6) is 0 Å². The Morgan fingerprint density at radius 1 is 0.867 bits per heavy atom. The van der Waals surface area contributed by atoms with Crippen LogP contribution in [-0.2, 0) is 19.1 Å². The van der Waals surface area contributed by atoms with Crippen molar-refractivity contribution < 1.29 is 19.1 Å². The van der Waals surface area contributed by atoms with E-state index in [-0.39, 0.29) is 0 Å². The van der Waals surface area contributed by atoms with Crippen LogP contribution in [0, 0.1) is 0 Å². The number of hydrogen-bond acceptors (Lipinski definition) is 6. The lowest BCUT2D eigenvalue weighted by Gasteiger charge is -1.61. The van der Waals surface area contributed by atoms with Gasteiger partial charge >= 0.3 is 0 Å². The molecular formula is C9H25NO4S. The molecule has 0 bridgehead atoms. The third-order valence-electron chi connectivity index (χ3n) is 0. The molecule has 0 aromatic heterocycles. The van der Waals surface area contributed by atoms with E-state index in [1.54, 1.807) is 26.0 Å². The van der Waals surface area contributed by atoms with Gasteiger partial charge in [0.05, 0.1) is 0 Å². The van der Waals surface area contributed by atoms with Crippen LogP contribution in [0.1, 0.15) is 0 Å². The number of hydrogen-bond donors (Lipinski definition) is 1. The molecule has 15 heavy (non-hydrogen) atoms. The monoisotopic (exact) mass is 243 g/mol. The van der Waals surface area contributed by atoms with E-state index >= 15 is 0 Å². The number of thioether (sulfide) groups is 1. The van der Waals surface area contributed by atoms with Gasteiger partial charge in [0.2, 0.25) is 0 Å². The predicted octanol–water partition coefficient (Wildman–Crippen LogP) is 0.523. The molecule has 0 amide bonds. The minimum Gasteiger partial charge on any atom is -0.388 e. The molecule has 0 aromatic rings. The van der Waals surface area contributed by atoms with Crippen LogP contribution >= 0.6 is 11.8 Å². The second-order valence-electron chi connectivity index (χ2n) is 1.32. The molecule has 0 rings (SSSR count).